The molecule has 0 amide bonds. The van der Waals surface area contributed by atoms with Crippen molar-refractivity contribution >= 4 is 19.8 Å². The van der Waals surface area contributed by atoms with E-state index in [-0.39, 0.29) is 25.6 Å². The number of unbranched alkanes of at least 4 members (excludes halogenated alkanes) is 39. The molecule has 0 aromatic rings. The predicted molar refractivity (Wildman–Crippen MR) is 358 cm³/mol. The van der Waals surface area contributed by atoms with E-state index in [4.69, 9.17) is 18.5 Å². The van der Waals surface area contributed by atoms with Crippen LogP contribution in [0.3, 0.4) is 0 Å². The Labute approximate surface area is 514 Å². The lowest BCUT2D eigenvalue weighted by atomic mass is 10.0. The number of carbonyl (C=O) groups is 2. The summed E-state index contributed by atoms with van der Waals surface area (Å²) in [7, 11) is 1.49. The number of hydrogen-bond donors (Lipinski definition) is 1. The van der Waals surface area contributed by atoms with Gasteiger partial charge in [0.05, 0.1) is 27.7 Å². The quantitative estimate of drug-likeness (QED) is 0.0211. The van der Waals surface area contributed by atoms with E-state index in [1.807, 2.05) is 21.1 Å². The third-order valence-corrected chi connectivity index (χ3v) is 16.5. The molecule has 0 spiro atoms. The van der Waals surface area contributed by atoms with E-state index in [9.17, 15) is 19.0 Å². The lowest BCUT2D eigenvalue weighted by Gasteiger charge is -2.24. The topological polar surface area (TPSA) is 108 Å². The Hall–Kier alpha value is -2.55. The van der Waals surface area contributed by atoms with Gasteiger partial charge in [0.2, 0.25) is 0 Å². The molecule has 0 aliphatic carbocycles. The molecule has 0 radical (unpaired) electrons. The van der Waals surface area contributed by atoms with Gasteiger partial charge >= 0.3 is 19.8 Å². The standard InChI is InChI=1S/C73H134NO8P/c1-6-8-10-12-14-16-18-20-22-24-26-28-30-32-33-34-35-36-37-38-39-40-41-42-44-46-48-50-52-54-56-58-60-62-64-66-73(76)82-71(70-81-83(77,78)80-68-67-74(3,4)5)69-79-72(75)65-63-61-59-57-55-53-51-49-47-45-43-31-29-27-25-23-21-19-17-15-13-11-9-7-2/h8,10,14,16,20,22,26,28,32-33,35-36,71H,6-7,9,11-13,15,17-19,21,23-25,27,29-31,34,37-70H2,1-5H3/p+1/b10-8-,16-14-,22-20-,28-26-,33-32-,36-35-. The largest absolute Gasteiger partial charge is 0.472 e. The summed E-state index contributed by atoms with van der Waals surface area (Å²) in [5.74, 6) is -0.781. The van der Waals surface area contributed by atoms with Crippen molar-refractivity contribution in [1.29, 1.82) is 0 Å². The van der Waals surface area contributed by atoms with Gasteiger partial charge in [-0.25, -0.2) is 4.57 Å². The average Bonchev–Trinajstić information content (AvgIpc) is 3.49. The monoisotopic (exact) mass is 1180 g/mol. The second-order valence-corrected chi connectivity index (χ2v) is 26.4. The van der Waals surface area contributed by atoms with Gasteiger partial charge in [-0.3, -0.25) is 18.6 Å². The van der Waals surface area contributed by atoms with Crippen LogP contribution in [0.2, 0.25) is 0 Å². The highest BCUT2D eigenvalue weighted by Crippen LogP contribution is 2.43. The molecule has 9 nitrogen and oxygen atoms in total. The summed E-state index contributed by atoms with van der Waals surface area (Å²) in [5, 5.41) is 0. The van der Waals surface area contributed by atoms with Gasteiger partial charge in [-0.1, -0.05) is 324 Å². The van der Waals surface area contributed by atoms with Gasteiger partial charge in [0, 0.05) is 12.8 Å². The van der Waals surface area contributed by atoms with Crippen molar-refractivity contribution in [2.24, 2.45) is 0 Å². The number of allylic oxidation sites excluding steroid dienone is 12. The molecular weight excluding hydrogens is 1050 g/mol. The lowest BCUT2D eigenvalue weighted by molar-refractivity contribution is -0.870. The maximum absolute atomic E-state index is 12.9. The first-order valence-electron chi connectivity index (χ1n) is 35.2. The number of carbonyl (C=O) groups excluding carboxylic acids is 2. The van der Waals surface area contributed by atoms with E-state index in [1.165, 1.54) is 225 Å². The van der Waals surface area contributed by atoms with Crippen molar-refractivity contribution in [1.82, 2.24) is 0 Å². The molecule has 10 heteroatoms. The Morgan fingerprint density at radius 1 is 0.386 bits per heavy atom. The molecular formula is C73H135NO8P+. The minimum atomic E-state index is -4.39. The minimum absolute atomic E-state index is 0.0325. The first-order chi connectivity index (χ1) is 40.5. The fourth-order valence-corrected chi connectivity index (χ4v) is 10.9. The van der Waals surface area contributed by atoms with E-state index < -0.39 is 26.5 Å². The number of rotatable bonds is 65. The first-order valence-corrected chi connectivity index (χ1v) is 36.7. The highest BCUT2D eigenvalue weighted by Gasteiger charge is 2.27. The molecule has 0 aliphatic heterocycles. The van der Waals surface area contributed by atoms with Gasteiger partial charge in [0.1, 0.15) is 19.8 Å². The van der Waals surface area contributed by atoms with Crippen LogP contribution in [0.1, 0.15) is 328 Å². The normalized spacial score (nSPS) is 13.6. The van der Waals surface area contributed by atoms with Crippen LogP contribution >= 0.6 is 7.82 Å². The summed E-state index contributed by atoms with van der Waals surface area (Å²) >= 11 is 0. The maximum Gasteiger partial charge on any atom is 0.472 e. The van der Waals surface area contributed by atoms with Crippen molar-refractivity contribution in [3.8, 4) is 0 Å². The molecule has 2 unspecified atom stereocenters. The van der Waals surface area contributed by atoms with Crippen LogP contribution in [-0.2, 0) is 32.7 Å². The number of phosphoric ester groups is 1. The molecule has 0 bridgehead atoms. The van der Waals surface area contributed by atoms with Crippen LogP contribution in [0.15, 0.2) is 72.9 Å². The fraction of sp³-hybridized carbons (Fsp3) is 0.808. The zero-order valence-corrected chi connectivity index (χ0v) is 56.1. The van der Waals surface area contributed by atoms with Gasteiger partial charge in [-0.05, 0) is 64.2 Å². The van der Waals surface area contributed by atoms with Crippen LogP contribution in [0.5, 0.6) is 0 Å². The van der Waals surface area contributed by atoms with Gasteiger partial charge in [0.25, 0.3) is 0 Å². The second-order valence-electron chi connectivity index (χ2n) is 24.9. The first kappa shape index (κ1) is 80.5. The SMILES string of the molecule is CC/C=C\C/C=C\C/C=C\C/C=C\C/C=C\C/C=C\CCCCCCCCCCCCCCCCCCC(=O)OC(COC(=O)CCCCCCCCCCCCCCCCCCCCCCCCCC)COP(=O)(O)OCC[N+](C)(C)C. The third kappa shape index (κ3) is 68.4. The average molecular weight is 1190 g/mol. The number of phosphoric acid groups is 1. The molecule has 484 valence electrons. The Morgan fingerprint density at radius 2 is 0.687 bits per heavy atom. The third-order valence-electron chi connectivity index (χ3n) is 15.5. The molecule has 0 saturated carbocycles. The highest BCUT2D eigenvalue weighted by atomic mass is 31.2. The molecule has 0 heterocycles. The zero-order chi connectivity index (χ0) is 60.5. The summed E-state index contributed by atoms with van der Waals surface area (Å²) in [6.45, 7) is 4.38. The predicted octanol–water partition coefficient (Wildman–Crippen LogP) is 22.8. The van der Waals surface area contributed by atoms with Crippen LogP contribution < -0.4 is 0 Å². The van der Waals surface area contributed by atoms with Crippen LogP contribution in [0.25, 0.3) is 0 Å². The van der Waals surface area contributed by atoms with E-state index >= 15 is 0 Å². The minimum Gasteiger partial charge on any atom is -0.462 e. The molecule has 0 fully saturated rings. The van der Waals surface area contributed by atoms with Crippen molar-refractivity contribution in [3.63, 3.8) is 0 Å². The summed E-state index contributed by atoms with van der Waals surface area (Å²) in [6.07, 6.45) is 85.8. The van der Waals surface area contributed by atoms with Gasteiger partial charge in [0.15, 0.2) is 6.10 Å². The lowest BCUT2D eigenvalue weighted by Crippen LogP contribution is -2.37. The number of hydrogen-bond acceptors (Lipinski definition) is 7. The van der Waals surface area contributed by atoms with Gasteiger partial charge in [-0.2, -0.15) is 0 Å². The summed E-state index contributed by atoms with van der Waals surface area (Å²) in [4.78, 5) is 35.9. The van der Waals surface area contributed by atoms with E-state index in [0.717, 1.165) is 70.6 Å². The highest BCUT2D eigenvalue weighted by molar-refractivity contribution is 7.47. The maximum atomic E-state index is 12.9. The fourth-order valence-electron chi connectivity index (χ4n) is 10.1. The summed E-state index contributed by atoms with van der Waals surface area (Å²) in [5.41, 5.74) is 0. The van der Waals surface area contributed by atoms with Crippen molar-refractivity contribution in [2.45, 2.75) is 335 Å². The van der Waals surface area contributed by atoms with Crippen molar-refractivity contribution in [3.05, 3.63) is 72.9 Å². The molecule has 0 aliphatic rings. The van der Waals surface area contributed by atoms with E-state index in [1.54, 1.807) is 0 Å². The smallest absolute Gasteiger partial charge is 0.462 e. The molecule has 0 aromatic heterocycles. The number of likely N-dealkylation sites (N-methyl/N-ethyl adjacent to an activating group) is 1. The summed E-state index contributed by atoms with van der Waals surface area (Å²) < 4.78 is 34.7. The second kappa shape index (κ2) is 63.9. The molecule has 83 heavy (non-hydrogen) atoms. The Morgan fingerprint density at radius 3 is 1.02 bits per heavy atom. The van der Waals surface area contributed by atoms with Crippen LogP contribution in [-0.4, -0.2) is 74.9 Å². The summed E-state index contributed by atoms with van der Waals surface area (Å²) in [6, 6.07) is 0. The zero-order valence-electron chi connectivity index (χ0n) is 55.2. The number of ether oxygens (including phenoxy) is 2. The molecule has 0 saturated heterocycles. The molecule has 0 aromatic carbocycles. The van der Waals surface area contributed by atoms with E-state index in [0.29, 0.717) is 23.9 Å². The van der Waals surface area contributed by atoms with Crippen LogP contribution in [0.4, 0.5) is 0 Å². The number of nitrogens with zero attached hydrogens (tertiary/aromatic N) is 1. The number of esters is 2. The Kier molecular flexibility index (Phi) is 62.0. The van der Waals surface area contributed by atoms with E-state index in [2.05, 4.69) is 86.8 Å². The Bertz CT molecular complexity index is 1630. The van der Waals surface area contributed by atoms with Crippen molar-refractivity contribution in [2.75, 3.05) is 47.5 Å². The van der Waals surface area contributed by atoms with Crippen molar-refractivity contribution < 1.29 is 42.1 Å². The Balaban J connectivity index is 4.01. The molecule has 0 rings (SSSR count). The molecule has 2 atom stereocenters. The van der Waals surface area contributed by atoms with Gasteiger partial charge in [-0.15, -0.1) is 0 Å². The number of quaternary nitrogens is 1. The molecule has 1 N–H and O–H groups in total. The van der Waals surface area contributed by atoms with Gasteiger partial charge < -0.3 is 18.9 Å². The van der Waals surface area contributed by atoms with Crippen LogP contribution in [0, 0.1) is 0 Å².